The fourth-order valence-electron chi connectivity index (χ4n) is 2.88. The number of aliphatic hydroxyl groups excluding tert-OH is 1. The van der Waals surface area contributed by atoms with E-state index >= 15 is 0 Å². The molecule has 1 N–H and O–H groups in total. The molecule has 0 aromatic heterocycles. The molecule has 1 saturated carbocycles. The van der Waals surface area contributed by atoms with Gasteiger partial charge in [0.05, 0.1) is 0 Å². The van der Waals surface area contributed by atoms with Gasteiger partial charge in [0.1, 0.15) is 0 Å². The second-order valence-electron chi connectivity index (χ2n) is 4.87. The van der Waals surface area contributed by atoms with Crippen LogP contribution in [-0.2, 0) is 4.74 Å². The summed E-state index contributed by atoms with van der Waals surface area (Å²) >= 11 is 0. The van der Waals surface area contributed by atoms with Crippen molar-refractivity contribution in [2.75, 3.05) is 7.11 Å². The van der Waals surface area contributed by atoms with Crippen LogP contribution in [-0.4, -0.2) is 18.5 Å². The maximum Gasteiger partial charge on any atom is 0.154 e. The Bertz CT molecular complexity index is 153. The Labute approximate surface area is 94.0 Å². The summed E-state index contributed by atoms with van der Waals surface area (Å²) in [5.41, 5.74) is 0. The lowest BCUT2D eigenvalue weighted by Gasteiger charge is -2.31. The van der Waals surface area contributed by atoms with Gasteiger partial charge in [0.2, 0.25) is 0 Å². The van der Waals surface area contributed by atoms with Gasteiger partial charge in [0, 0.05) is 13.5 Å². The Morgan fingerprint density at radius 1 is 1.27 bits per heavy atom. The predicted octanol–water partition coefficient (Wildman–Crippen LogP) is 3.34. The molecule has 1 aliphatic rings. The van der Waals surface area contributed by atoms with Crippen LogP contribution in [0.15, 0.2) is 0 Å². The van der Waals surface area contributed by atoms with Crippen LogP contribution in [0, 0.1) is 11.8 Å². The van der Waals surface area contributed by atoms with Gasteiger partial charge >= 0.3 is 0 Å². The molecule has 0 amide bonds. The van der Waals surface area contributed by atoms with Crippen LogP contribution >= 0.6 is 0 Å². The summed E-state index contributed by atoms with van der Waals surface area (Å²) in [6.45, 7) is 2.23. The van der Waals surface area contributed by atoms with Gasteiger partial charge in [-0.3, -0.25) is 0 Å². The van der Waals surface area contributed by atoms with E-state index in [2.05, 4.69) is 6.92 Å². The van der Waals surface area contributed by atoms with E-state index in [1.54, 1.807) is 7.11 Å². The molecule has 0 heterocycles. The van der Waals surface area contributed by atoms with Crippen LogP contribution in [0.3, 0.4) is 0 Å². The summed E-state index contributed by atoms with van der Waals surface area (Å²) in [6.07, 6.45) is 9.63. The lowest BCUT2D eigenvalue weighted by molar-refractivity contribution is -0.0933. The third kappa shape index (κ3) is 4.52. The van der Waals surface area contributed by atoms with Crippen molar-refractivity contribution < 1.29 is 9.84 Å². The minimum absolute atomic E-state index is 0.552. The van der Waals surface area contributed by atoms with Gasteiger partial charge in [0.15, 0.2) is 6.29 Å². The van der Waals surface area contributed by atoms with E-state index in [1.165, 1.54) is 44.9 Å². The van der Waals surface area contributed by atoms with Crippen LogP contribution in [0.1, 0.15) is 58.3 Å². The average molecular weight is 214 g/mol. The Morgan fingerprint density at radius 2 is 1.93 bits per heavy atom. The molecule has 2 nitrogen and oxygen atoms in total. The molecule has 0 aliphatic heterocycles. The monoisotopic (exact) mass is 214 g/mol. The molecule has 1 aliphatic carbocycles. The molecule has 0 radical (unpaired) electrons. The fraction of sp³-hybridized carbons (Fsp3) is 1.00. The molecular weight excluding hydrogens is 188 g/mol. The number of rotatable bonds is 6. The molecule has 2 heteroatoms. The van der Waals surface area contributed by atoms with Crippen molar-refractivity contribution in [3.8, 4) is 0 Å². The molecule has 1 rings (SSSR count). The summed E-state index contributed by atoms with van der Waals surface area (Å²) in [7, 11) is 1.59. The smallest absolute Gasteiger partial charge is 0.154 e. The zero-order chi connectivity index (χ0) is 11.1. The maximum absolute atomic E-state index is 9.56. The topological polar surface area (TPSA) is 29.5 Å². The number of hydrogen-bond donors (Lipinski definition) is 1. The summed E-state index contributed by atoms with van der Waals surface area (Å²) in [5.74, 6) is 1.51. The first-order chi connectivity index (χ1) is 7.27. The molecule has 2 unspecified atom stereocenters. The number of ether oxygens (including phenoxy) is 1. The largest absolute Gasteiger partial charge is 0.368 e. The predicted molar refractivity (Wildman–Crippen MR) is 62.6 cm³/mol. The SMILES string of the molecule is CCCC(CC(O)OC)C1CCCCC1. The van der Waals surface area contributed by atoms with Crippen molar-refractivity contribution in [2.24, 2.45) is 11.8 Å². The van der Waals surface area contributed by atoms with Crippen LogP contribution in [0.5, 0.6) is 0 Å². The highest BCUT2D eigenvalue weighted by atomic mass is 16.6. The molecule has 0 bridgehead atoms. The van der Waals surface area contributed by atoms with E-state index in [0.29, 0.717) is 5.92 Å². The molecule has 90 valence electrons. The highest BCUT2D eigenvalue weighted by Crippen LogP contribution is 2.34. The Balaban J connectivity index is 2.39. The summed E-state index contributed by atoms with van der Waals surface area (Å²) in [5, 5.41) is 9.56. The van der Waals surface area contributed by atoms with Gasteiger partial charge < -0.3 is 9.84 Å². The average Bonchev–Trinajstić information content (AvgIpc) is 2.29. The van der Waals surface area contributed by atoms with Gasteiger partial charge in [-0.15, -0.1) is 0 Å². The van der Waals surface area contributed by atoms with Crippen molar-refractivity contribution in [3.05, 3.63) is 0 Å². The lowest BCUT2D eigenvalue weighted by atomic mass is 9.76. The second kappa shape index (κ2) is 7.24. The normalized spacial score (nSPS) is 22.6. The molecule has 15 heavy (non-hydrogen) atoms. The first-order valence-corrected chi connectivity index (χ1v) is 6.48. The van der Waals surface area contributed by atoms with Crippen molar-refractivity contribution in [1.82, 2.24) is 0 Å². The highest BCUT2D eigenvalue weighted by Gasteiger charge is 2.24. The second-order valence-corrected chi connectivity index (χ2v) is 4.87. The van der Waals surface area contributed by atoms with Crippen LogP contribution in [0.4, 0.5) is 0 Å². The molecule has 0 spiro atoms. The number of methoxy groups -OCH3 is 1. The molecule has 0 aromatic carbocycles. The minimum Gasteiger partial charge on any atom is -0.368 e. The third-order valence-electron chi connectivity index (χ3n) is 3.75. The molecule has 0 saturated heterocycles. The summed E-state index contributed by atoms with van der Waals surface area (Å²) < 4.78 is 4.97. The zero-order valence-electron chi connectivity index (χ0n) is 10.2. The van der Waals surface area contributed by atoms with Gasteiger partial charge in [-0.25, -0.2) is 0 Å². The number of aliphatic hydroxyl groups is 1. The molecule has 0 aromatic rings. The van der Waals surface area contributed by atoms with Gasteiger partial charge in [-0.1, -0.05) is 51.9 Å². The Kier molecular flexibility index (Phi) is 6.26. The molecule has 2 atom stereocenters. The van der Waals surface area contributed by atoms with E-state index in [1.807, 2.05) is 0 Å². The molecular formula is C13H26O2. The Morgan fingerprint density at radius 3 is 2.47 bits per heavy atom. The van der Waals surface area contributed by atoms with E-state index < -0.39 is 6.29 Å². The van der Waals surface area contributed by atoms with Gasteiger partial charge in [0.25, 0.3) is 0 Å². The summed E-state index contributed by atoms with van der Waals surface area (Å²) in [4.78, 5) is 0. The standard InChI is InChI=1S/C13H26O2/c1-3-7-12(10-13(14)15-2)11-8-5-4-6-9-11/h11-14H,3-10H2,1-2H3. The first kappa shape index (κ1) is 13.0. The first-order valence-electron chi connectivity index (χ1n) is 6.48. The molecule has 1 fully saturated rings. The van der Waals surface area contributed by atoms with Gasteiger partial charge in [-0.05, 0) is 11.8 Å². The van der Waals surface area contributed by atoms with Crippen LogP contribution in [0.2, 0.25) is 0 Å². The van der Waals surface area contributed by atoms with E-state index in [4.69, 9.17) is 4.74 Å². The third-order valence-corrected chi connectivity index (χ3v) is 3.75. The summed E-state index contributed by atoms with van der Waals surface area (Å²) in [6, 6.07) is 0. The highest BCUT2D eigenvalue weighted by molar-refractivity contribution is 4.74. The van der Waals surface area contributed by atoms with E-state index in [-0.39, 0.29) is 0 Å². The quantitative estimate of drug-likeness (QED) is 0.687. The van der Waals surface area contributed by atoms with Crippen molar-refractivity contribution >= 4 is 0 Å². The van der Waals surface area contributed by atoms with Gasteiger partial charge in [-0.2, -0.15) is 0 Å². The maximum atomic E-state index is 9.56. The van der Waals surface area contributed by atoms with Crippen molar-refractivity contribution in [3.63, 3.8) is 0 Å². The van der Waals surface area contributed by atoms with E-state index in [9.17, 15) is 5.11 Å². The minimum atomic E-state index is -0.552. The van der Waals surface area contributed by atoms with Crippen LogP contribution in [0.25, 0.3) is 0 Å². The van der Waals surface area contributed by atoms with Crippen molar-refractivity contribution in [2.45, 2.75) is 64.6 Å². The zero-order valence-corrected chi connectivity index (χ0v) is 10.2. The number of hydrogen-bond acceptors (Lipinski definition) is 2. The fourth-order valence-corrected chi connectivity index (χ4v) is 2.88. The Hall–Kier alpha value is -0.0800. The van der Waals surface area contributed by atoms with Crippen molar-refractivity contribution in [1.29, 1.82) is 0 Å². The lowest BCUT2D eigenvalue weighted by Crippen LogP contribution is -2.23. The van der Waals surface area contributed by atoms with E-state index in [0.717, 1.165) is 12.3 Å². The van der Waals surface area contributed by atoms with Crippen LogP contribution < -0.4 is 0 Å².